The van der Waals surface area contributed by atoms with Gasteiger partial charge in [0.05, 0.1) is 19.6 Å². The van der Waals surface area contributed by atoms with E-state index in [0.29, 0.717) is 0 Å². The molecule has 5 heteroatoms. The Labute approximate surface area is 214 Å². The van der Waals surface area contributed by atoms with Crippen molar-refractivity contribution in [3.8, 4) is 34.1 Å². The third kappa shape index (κ3) is 2.70. The minimum absolute atomic E-state index is 0.478. The first-order valence-corrected chi connectivity index (χ1v) is 12.4. The standard InChI is InChI=1S/C27H18I2O3/c1-30-17-5-9-21-25(13-17)32-26-14-18(31-2)6-10-22(26)27(21)23-11-15(28)3-7-19(23)20-8-4-16(29)12-24(20)27/h3-14H,1-2H3. The molecule has 0 unspecified atom stereocenters. The summed E-state index contributed by atoms with van der Waals surface area (Å²) in [6, 6.07) is 25.8. The molecule has 4 aromatic rings. The third-order valence-electron chi connectivity index (χ3n) is 6.47. The summed E-state index contributed by atoms with van der Waals surface area (Å²) in [5.41, 5.74) is 6.86. The van der Waals surface area contributed by atoms with Gasteiger partial charge in [0.25, 0.3) is 0 Å². The van der Waals surface area contributed by atoms with E-state index >= 15 is 0 Å². The quantitative estimate of drug-likeness (QED) is 0.184. The highest BCUT2D eigenvalue weighted by Crippen LogP contribution is 2.62. The molecule has 0 aromatic heterocycles. The predicted octanol–water partition coefficient (Wildman–Crippen LogP) is 7.38. The Morgan fingerprint density at radius 2 is 1.06 bits per heavy atom. The number of hydrogen-bond acceptors (Lipinski definition) is 3. The molecule has 1 spiro atoms. The number of hydrogen-bond donors (Lipinski definition) is 0. The van der Waals surface area contributed by atoms with Gasteiger partial charge in [-0.25, -0.2) is 0 Å². The lowest BCUT2D eigenvalue weighted by Crippen LogP contribution is -2.32. The van der Waals surface area contributed by atoms with Gasteiger partial charge in [-0.05, 0) is 104 Å². The molecule has 0 saturated carbocycles. The monoisotopic (exact) mass is 644 g/mol. The molecule has 0 radical (unpaired) electrons. The van der Waals surface area contributed by atoms with Crippen LogP contribution in [0.2, 0.25) is 0 Å². The Morgan fingerprint density at radius 1 is 0.594 bits per heavy atom. The Morgan fingerprint density at radius 3 is 1.50 bits per heavy atom. The van der Waals surface area contributed by atoms with Gasteiger partial charge in [0.15, 0.2) is 0 Å². The summed E-state index contributed by atoms with van der Waals surface area (Å²) in [6.07, 6.45) is 0. The molecule has 32 heavy (non-hydrogen) atoms. The van der Waals surface area contributed by atoms with E-state index in [1.54, 1.807) is 14.2 Å². The number of benzene rings is 4. The maximum atomic E-state index is 6.48. The Kier molecular flexibility index (Phi) is 4.69. The first kappa shape index (κ1) is 20.4. The van der Waals surface area contributed by atoms with Crippen molar-refractivity contribution in [2.75, 3.05) is 14.2 Å². The summed E-state index contributed by atoms with van der Waals surface area (Å²) in [7, 11) is 3.37. The highest BCUT2D eigenvalue weighted by atomic mass is 127. The molecule has 0 fully saturated rings. The molecule has 2 aliphatic rings. The fourth-order valence-electron chi connectivity index (χ4n) is 5.16. The highest BCUT2D eigenvalue weighted by molar-refractivity contribution is 14.1. The SMILES string of the molecule is COc1ccc2c(c1)Oc1cc(OC)ccc1C21c2cc(I)ccc2-c2ccc(I)cc21. The first-order valence-electron chi connectivity index (χ1n) is 10.2. The summed E-state index contributed by atoms with van der Waals surface area (Å²) in [5, 5.41) is 0. The van der Waals surface area contributed by atoms with Crippen molar-refractivity contribution in [3.63, 3.8) is 0 Å². The molecule has 0 amide bonds. The molecular weight excluding hydrogens is 626 g/mol. The van der Waals surface area contributed by atoms with E-state index in [1.165, 1.54) is 29.4 Å². The lowest BCUT2D eigenvalue weighted by Gasteiger charge is -2.39. The van der Waals surface area contributed by atoms with Crippen LogP contribution in [-0.4, -0.2) is 14.2 Å². The summed E-state index contributed by atoms with van der Waals surface area (Å²) in [6.45, 7) is 0. The van der Waals surface area contributed by atoms with Crippen LogP contribution in [0, 0.1) is 7.14 Å². The van der Waals surface area contributed by atoms with Crippen molar-refractivity contribution in [2.24, 2.45) is 0 Å². The van der Waals surface area contributed by atoms with E-state index in [2.05, 4.69) is 93.7 Å². The van der Waals surface area contributed by atoms with E-state index in [-0.39, 0.29) is 0 Å². The third-order valence-corrected chi connectivity index (χ3v) is 7.81. The van der Waals surface area contributed by atoms with E-state index in [4.69, 9.17) is 14.2 Å². The van der Waals surface area contributed by atoms with Gasteiger partial charge >= 0.3 is 0 Å². The molecular formula is C27H18I2O3. The molecule has 1 aliphatic carbocycles. The second kappa shape index (κ2) is 7.38. The van der Waals surface area contributed by atoms with Gasteiger partial charge in [-0.2, -0.15) is 0 Å². The lowest BCUT2D eigenvalue weighted by atomic mass is 9.66. The van der Waals surface area contributed by atoms with Crippen molar-refractivity contribution < 1.29 is 14.2 Å². The van der Waals surface area contributed by atoms with E-state index in [1.807, 2.05) is 24.3 Å². The maximum Gasteiger partial charge on any atom is 0.135 e. The van der Waals surface area contributed by atoms with Crippen molar-refractivity contribution in [1.29, 1.82) is 0 Å². The van der Waals surface area contributed by atoms with Gasteiger partial charge in [0, 0.05) is 30.4 Å². The summed E-state index contributed by atoms with van der Waals surface area (Å²) < 4.78 is 20.0. The number of halogens is 2. The fraction of sp³-hybridized carbons (Fsp3) is 0.111. The van der Waals surface area contributed by atoms with Crippen LogP contribution in [0.5, 0.6) is 23.0 Å². The smallest absolute Gasteiger partial charge is 0.135 e. The zero-order chi connectivity index (χ0) is 22.0. The van der Waals surface area contributed by atoms with E-state index in [0.717, 1.165) is 34.1 Å². The topological polar surface area (TPSA) is 27.7 Å². The van der Waals surface area contributed by atoms with Crippen LogP contribution in [0.15, 0.2) is 72.8 Å². The molecule has 4 aromatic carbocycles. The van der Waals surface area contributed by atoms with Crippen molar-refractivity contribution >= 4 is 45.2 Å². The molecule has 0 N–H and O–H groups in total. The van der Waals surface area contributed by atoms with E-state index < -0.39 is 5.41 Å². The van der Waals surface area contributed by atoms with Crippen LogP contribution in [-0.2, 0) is 5.41 Å². The van der Waals surface area contributed by atoms with Crippen LogP contribution in [0.3, 0.4) is 0 Å². The van der Waals surface area contributed by atoms with Gasteiger partial charge in [-0.3, -0.25) is 0 Å². The minimum Gasteiger partial charge on any atom is -0.497 e. The van der Waals surface area contributed by atoms with Gasteiger partial charge in [-0.15, -0.1) is 0 Å². The molecule has 158 valence electrons. The molecule has 6 rings (SSSR count). The minimum atomic E-state index is -0.478. The average Bonchev–Trinajstić information content (AvgIpc) is 3.07. The summed E-state index contributed by atoms with van der Waals surface area (Å²) in [5.74, 6) is 3.16. The molecule has 1 heterocycles. The predicted molar refractivity (Wildman–Crippen MR) is 142 cm³/mol. The Bertz CT molecular complexity index is 1300. The maximum absolute atomic E-state index is 6.48. The van der Waals surface area contributed by atoms with Crippen molar-refractivity contribution in [2.45, 2.75) is 5.41 Å². The van der Waals surface area contributed by atoms with Crippen LogP contribution in [0.4, 0.5) is 0 Å². The van der Waals surface area contributed by atoms with E-state index in [9.17, 15) is 0 Å². The van der Waals surface area contributed by atoms with Gasteiger partial charge in [-0.1, -0.05) is 24.3 Å². The Balaban J connectivity index is 1.81. The second-order valence-electron chi connectivity index (χ2n) is 7.96. The summed E-state index contributed by atoms with van der Waals surface area (Å²) >= 11 is 4.82. The fourth-order valence-corrected chi connectivity index (χ4v) is 6.14. The number of methoxy groups -OCH3 is 2. The molecule has 1 aliphatic heterocycles. The molecule has 0 bridgehead atoms. The normalized spacial score (nSPS) is 14.1. The zero-order valence-corrected chi connectivity index (χ0v) is 21.7. The Hall–Kier alpha value is -2.26. The second-order valence-corrected chi connectivity index (χ2v) is 10.4. The van der Waals surface area contributed by atoms with Crippen LogP contribution < -0.4 is 14.2 Å². The van der Waals surface area contributed by atoms with Gasteiger partial charge < -0.3 is 14.2 Å². The van der Waals surface area contributed by atoms with Crippen molar-refractivity contribution in [3.05, 3.63) is 102 Å². The number of rotatable bonds is 2. The van der Waals surface area contributed by atoms with Gasteiger partial charge in [0.1, 0.15) is 23.0 Å². The molecule has 0 atom stereocenters. The average molecular weight is 644 g/mol. The lowest BCUT2D eigenvalue weighted by molar-refractivity contribution is 0.392. The molecule has 3 nitrogen and oxygen atoms in total. The van der Waals surface area contributed by atoms with Crippen LogP contribution >= 0.6 is 45.2 Å². The number of fused-ring (bicyclic) bond motifs is 9. The van der Waals surface area contributed by atoms with Crippen LogP contribution in [0.25, 0.3) is 11.1 Å². The first-order chi connectivity index (χ1) is 15.6. The van der Waals surface area contributed by atoms with Gasteiger partial charge in [0.2, 0.25) is 0 Å². The van der Waals surface area contributed by atoms with Crippen molar-refractivity contribution in [1.82, 2.24) is 0 Å². The highest BCUT2D eigenvalue weighted by Gasteiger charge is 2.51. The zero-order valence-electron chi connectivity index (χ0n) is 17.4. The number of ether oxygens (including phenoxy) is 3. The van der Waals surface area contributed by atoms with Crippen LogP contribution in [0.1, 0.15) is 22.3 Å². The summed E-state index contributed by atoms with van der Waals surface area (Å²) in [4.78, 5) is 0. The molecule has 0 saturated heterocycles. The largest absolute Gasteiger partial charge is 0.497 e.